The fourth-order valence-electron chi connectivity index (χ4n) is 2.94. The highest BCUT2D eigenvalue weighted by Gasteiger charge is 2.31. The highest BCUT2D eigenvalue weighted by molar-refractivity contribution is 5.72. The topological polar surface area (TPSA) is 47.3 Å². The molecule has 18 heavy (non-hydrogen) atoms. The lowest BCUT2D eigenvalue weighted by Gasteiger charge is -2.28. The molecule has 3 nitrogen and oxygen atoms in total. The van der Waals surface area contributed by atoms with Crippen LogP contribution in [0.5, 0.6) is 5.75 Å². The lowest BCUT2D eigenvalue weighted by atomic mass is 9.83. The molecule has 1 aromatic carbocycles. The quantitative estimate of drug-likeness (QED) is 0.782. The minimum absolute atomic E-state index is 0.468. The SMILES string of the molecule is CCC1(CNc2cccc(OC)c2N)CCCC1. The first kappa shape index (κ1) is 13.1. The molecule has 0 saturated heterocycles. The van der Waals surface area contributed by atoms with Gasteiger partial charge in [0.1, 0.15) is 5.75 Å². The van der Waals surface area contributed by atoms with Crippen LogP contribution in [0, 0.1) is 5.41 Å². The van der Waals surface area contributed by atoms with E-state index in [1.54, 1.807) is 7.11 Å². The van der Waals surface area contributed by atoms with Crippen molar-refractivity contribution >= 4 is 11.4 Å². The predicted molar refractivity (Wildman–Crippen MR) is 77.1 cm³/mol. The normalized spacial score (nSPS) is 17.7. The van der Waals surface area contributed by atoms with Crippen LogP contribution in [0.3, 0.4) is 0 Å². The van der Waals surface area contributed by atoms with E-state index in [4.69, 9.17) is 10.5 Å². The fourth-order valence-corrected chi connectivity index (χ4v) is 2.94. The molecule has 1 aliphatic rings. The summed E-state index contributed by atoms with van der Waals surface area (Å²) in [7, 11) is 1.65. The number of ether oxygens (including phenoxy) is 1. The van der Waals surface area contributed by atoms with Crippen molar-refractivity contribution in [2.45, 2.75) is 39.0 Å². The van der Waals surface area contributed by atoms with Gasteiger partial charge in [0.2, 0.25) is 0 Å². The molecule has 1 fully saturated rings. The number of hydrogen-bond acceptors (Lipinski definition) is 3. The van der Waals surface area contributed by atoms with Gasteiger partial charge in [-0.15, -0.1) is 0 Å². The van der Waals surface area contributed by atoms with E-state index in [2.05, 4.69) is 12.2 Å². The van der Waals surface area contributed by atoms with E-state index >= 15 is 0 Å². The molecule has 0 aliphatic heterocycles. The number of anilines is 2. The van der Waals surface area contributed by atoms with Crippen LogP contribution in [0.25, 0.3) is 0 Å². The average molecular weight is 248 g/mol. The van der Waals surface area contributed by atoms with Gasteiger partial charge in [0, 0.05) is 6.54 Å². The molecular weight excluding hydrogens is 224 g/mol. The Bertz CT molecular complexity index is 397. The van der Waals surface area contributed by atoms with E-state index in [0.29, 0.717) is 11.1 Å². The van der Waals surface area contributed by atoms with Crippen molar-refractivity contribution in [3.8, 4) is 5.75 Å². The second-order valence-electron chi connectivity index (χ2n) is 5.34. The monoisotopic (exact) mass is 248 g/mol. The van der Waals surface area contributed by atoms with E-state index in [0.717, 1.165) is 18.0 Å². The van der Waals surface area contributed by atoms with Crippen LogP contribution in [0.1, 0.15) is 39.0 Å². The van der Waals surface area contributed by atoms with Crippen LogP contribution in [-0.2, 0) is 0 Å². The first-order chi connectivity index (χ1) is 8.71. The standard InChI is InChI=1S/C15H24N2O/c1-3-15(9-4-5-10-15)11-17-12-7-6-8-13(18-2)14(12)16/h6-8,17H,3-5,9-11,16H2,1-2H3. The van der Waals surface area contributed by atoms with Crippen LogP contribution >= 0.6 is 0 Å². The van der Waals surface area contributed by atoms with Crippen LogP contribution in [0.4, 0.5) is 11.4 Å². The summed E-state index contributed by atoms with van der Waals surface area (Å²) in [6, 6.07) is 5.90. The Labute approximate surface area is 110 Å². The number of nitrogens with one attached hydrogen (secondary N) is 1. The highest BCUT2D eigenvalue weighted by Crippen LogP contribution is 2.41. The summed E-state index contributed by atoms with van der Waals surface area (Å²) in [4.78, 5) is 0. The van der Waals surface area contributed by atoms with Gasteiger partial charge in [0.05, 0.1) is 18.5 Å². The second kappa shape index (κ2) is 5.51. The molecule has 0 aromatic heterocycles. The minimum atomic E-state index is 0.468. The van der Waals surface area contributed by atoms with Gasteiger partial charge >= 0.3 is 0 Å². The summed E-state index contributed by atoms with van der Waals surface area (Å²) in [6.07, 6.45) is 6.64. The number of para-hydroxylation sites is 1. The Morgan fingerprint density at radius 1 is 1.33 bits per heavy atom. The number of nitrogen functional groups attached to an aromatic ring is 1. The Hall–Kier alpha value is -1.38. The van der Waals surface area contributed by atoms with Gasteiger partial charge in [0.15, 0.2) is 0 Å². The maximum atomic E-state index is 6.08. The number of rotatable bonds is 5. The third-order valence-corrected chi connectivity index (χ3v) is 4.35. The van der Waals surface area contributed by atoms with Gasteiger partial charge in [-0.2, -0.15) is 0 Å². The summed E-state index contributed by atoms with van der Waals surface area (Å²) >= 11 is 0. The van der Waals surface area contributed by atoms with Gasteiger partial charge in [0.25, 0.3) is 0 Å². The molecule has 1 aromatic rings. The number of hydrogen-bond donors (Lipinski definition) is 2. The van der Waals surface area contributed by atoms with Crippen molar-refractivity contribution in [1.82, 2.24) is 0 Å². The average Bonchev–Trinajstić information content (AvgIpc) is 2.87. The summed E-state index contributed by atoms with van der Waals surface area (Å²) < 4.78 is 5.24. The van der Waals surface area contributed by atoms with Crippen LogP contribution in [0.2, 0.25) is 0 Å². The van der Waals surface area contributed by atoms with E-state index in [9.17, 15) is 0 Å². The maximum absolute atomic E-state index is 6.08. The molecule has 0 amide bonds. The van der Waals surface area contributed by atoms with Crippen LogP contribution in [-0.4, -0.2) is 13.7 Å². The van der Waals surface area contributed by atoms with E-state index in [-0.39, 0.29) is 0 Å². The Morgan fingerprint density at radius 2 is 2.06 bits per heavy atom. The summed E-state index contributed by atoms with van der Waals surface area (Å²) in [5, 5.41) is 3.52. The van der Waals surface area contributed by atoms with E-state index < -0.39 is 0 Å². The molecular formula is C15H24N2O. The van der Waals surface area contributed by atoms with Crippen molar-refractivity contribution < 1.29 is 4.74 Å². The lowest BCUT2D eigenvalue weighted by Crippen LogP contribution is -2.26. The molecule has 0 radical (unpaired) electrons. The molecule has 100 valence electrons. The summed E-state index contributed by atoms with van der Waals surface area (Å²) in [5.41, 5.74) is 8.25. The largest absolute Gasteiger partial charge is 0.495 e. The third-order valence-electron chi connectivity index (χ3n) is 4.35. The van der Waals surface area contributed by atoms with Crippen molar-refractivity contribution in [3.05, 3.63) is 18.2 Å². The van der Waals surface area contributed by atoms with Crippen molar-refractivity contribution in [2.75, 3.05) is 24.7 Å². The maximum Gasteiger partial charge on any atom is 0.143 e. The Kier molecular flexibility index (Phi) is 4.00. The molecule has 0 spiro atoms. The van der Waals surface area contributed by atoms with E-state index in [1.807, 2.05) is 18.2 Å². The molecule has 1 aliphatic carbocycles. The first-order valence-corrected chi connectivity index (χ1v) is 6.87. The minimum Gasteiger partial charge on any atom is -0.495 e. The number of benzene rings is 1. The summed E-state index contributed by atoms with van der Waals surface area (Å²) in [5.74, 6) is 0.747. The lowest BCUT2D eigenvalue weighted by molar-refractivity contribution is 0.307. The third kappa shape index (κ3) is 2.55. The Morgan fingerprint density at radius 3 is 2.67 bits per heavy atom. The van der Waals surface area contributed by atoms with Gasteiger partial charge in [-0.25, -0.2) is 0 Å². The molecule has 2 rings (SSSR count). The zero-order chi connectivity index (χ0) is 13.0. The predicted octanol–water partition coefficient (Wildman–Crippen LogP) is 3.66. The zero-order valence-electron chi connectivity index (χ0n) is 11.5. The Balaban J connectivity index is 2.05. The van der Waals surface area contributed by atoms with E-state index in [1.165, 1.54) is 32.1 Å². The molecule has 3 heteroatoms. The zero-order valence-corrected chi connectivity index (χ0v) is 11.5. The van der Waals surface area contributed by atoms with Gasteiger partial charge < -0.3 is 15.8 Å². The summed E-state index contributed by atoms with van der Waals surface area (Å²) in [6.45, 7) is 3.31. The van der Waals surface area contributed by atoms with Crippen molar-refractivity contribution in [2.24, 2.45) is 5.41 Å². The number of methoxy groups -OCH3 is 1. The second-order valence-corrected chi connectivity index (χ2v) is 5.34. The molecule has 3 N–H and O–H groups in total. The number of nitrogens with two attached hydrogens (primary N) is 1. The van der Waals surface area contributed by atoms with Crippen LogP contribution < -0.4 is 15.8 Å². The van der Waals surface area contributed by atoms with Crippen molar-refractivity contribution in [1.29, 1.82) is 0 Å². The smallest absolute Gasteiger partial charge is 0.143 e. The van der Waals surface area contributed by atoms with Gasteiger partial charge in [-0.3, -0.25) is 0 Å². The van der Waals surface area contributed by atoms with Gasteiger partial charge in [-0.05, 0) is 36.8 Å². The molecule has 1 saturated carbocycles. The van der Waals surface area contributed by atoms with Crippen LogP contribution in [0.15, 0.2) is 18.2 Å². The first-order valence-electron chi connectivity index (χ1n) is 6.87. The molecule has 0 bridgehead atoms. The van der Waals surface area contributed by atoms with Gasteiger partial charge in [-0.1, -0.05) is 25.8 Å². The molecule has 0 unspecified atom stereocenters. The highest BCUT2D eigenvalue weighted by atomic mass is 16.5. The van der Waals surface area contributed by atoms with Crippen molar-refractivity contribution in [3.63, 3.8) is 0 Å². The fraction of sp³-hybridized carbons (Fsp3) is 0.600. The molecule has 0 heterocycles. The molecule has 0 atom stereocenters.